The minimum atomic E-state index is -0.204. The van der Waals surface area contributed by atoms with Crippen molar-refractivity contribution in [2.75, 3.05) is 28.4 Å². The molecule has 4 nitrogen and oxygen atoms in total. The van der Waals surface area contributed by atoms with Crippen LogP contribution in [0.25, 0.3) is 0 Å². The topological polar surface area (TPSA) is 36.9 Å². The Kier molecular flexibility index (Phi) is 5.81. The summed E-state index contributed by atoms with van der Waals surface area (Å²) in [6.07, 6.45) is -0.409. The summed E-state index contributed by atoms with van der Waals surface area (Å²) in [7, 11) is 6.67. The van der Waals surface area contributed by atoms with Gasteiger partial charge in [-0.05, 0) is 35.4 Å². The molecule has 4 heteroatoms. The first-order valence-electron chi connectivity index (χ1n) is 7.07. The van der Waals surface area contributed by atoms with Crippen molar-refractivity contribution in [3.8, 4) is 11.5 Å². The highest BCUT2D eigenvalue weighted by molar-refractivity contribution is 5.33. The summed E-state index contributed by atoms with van der Waals surface area (Å²) in [5.41, 5.74) is 2.07. The molecule has 0 unspecified atom stereocenters. The molecule has 22 heavy (non-hydrogen) atoms. The molecule has 0 amide bonds. The van der Waals surface area contributed by atoms with Gasteiger partial charge in [0.25, 0.3) is 0 Å². The van der Waals surface area contributed by atoms with Crippen molar-refractivity contribution in [1.82, 2.24) is 0 Å². The average molecular weight is 302 g/mol. The molecule has 0 N–H and O–H groups in total. The van der Waals surface area contributed by atoms with Crippen molar-refractivity contribution < 1.29 is 18.9 Å². The van der Waals surface area contributed by atoms with Crippen LogP contribution >= 0.6 is 0 Å². The number of hydrogen-bond donors (Lipinski definition) is 0. The van der Waals surface area contributed by atoms with Gasteiger partial charge in [0.15, 0.2) is 0 Å². The van der Waals surface area contributed by atoms with E-state index in [1.54, 1.807) is 28.4 Å². The Morgan fingerprint density at radius 2 is 0.864 bits per heavy atom. The Bertz CT molecular complexity index is 509. The Balaban J connectivity index is 2.28. The number of rotatable bonds is 7. The summed E-state index contributed by atoms with van der Waals surface area (Å²) >= 11 is 0. The van der Waals surface area contributed by atoms with Crippen molar-refractivity contribution in [1.29, 1.82) is 0 Å². The third-order valence-electron chi connectivity index (χ3n) is 3.67. The molecule has 0 aliphatic carbocycles. The summed E-state index contributed by atoms with van der Waals surface area (Å²) in [5.74, 6) is 1.63. The molecule has 0 aliphatic rings. The lowest BCUT2D eigenvalue weighted by molar-refractivity contribution is -0.0397. The van der Waals surface area contributed by atoms with E-state index in [0.717, 1.165) is 22.6 Å². The highest BCUT2D eigenvalue weighted by Crippen LogP contribution is 2.35. The quantitative estimate of drug-likeness (QED) is 0.780. The lowest BCUT2D eigenvalue weighted by Crippen LogP contribution is -2.15. The molecule has 2 aromatic carbocycles. The van der Waals surface area contributed by atoms with E-state index in [1.807, 2.05) is 48.5 Å². The molecule has 0 spiro atoms. The summed E-state index contributed by atoms with van der Waals surface area (Å²) in [6, 6.07) is 15.6. The number of hydrogen-bond acceptors (Lipinski definition) is 4. The Hall–Kier alpha value is -2.04. The molecular weight excluding hydrogens is 280 g/mol. The second kappa shape index (κ2) is 7.82. The van der Waals surface area contributed by atoms with E-state index in [-0.39, 0.29) is 12.2 Å². The van der Waals surface area contributed by atoms with Crippen LogP contribution in [0.15, 0.2) is 48.5 Å². The molecule has 0 saturated carbocycles. The van der Waals surface area contributed by atoms with Gasteiger partial charge < -0.3 is 18.9 Å². The molecular formula is C18H22O4. The third-order valence-corrected chi connectivity index (χ3v) is 3.67. The van der Waals surface area contributed by atoms with Gasteiger partial charge in [-0.15, -0.1) is 0 Å². The monoisotopic (exact) mass is 302 g/mol. The Morgan fingerprint density at radius 1 is 0.545 bits per heavy atom. The van der Waals surface area contributed by atoms with Crippen LogP contribution in [-0.4, -0.2) is 28.4 Å². The molecule has 0 heterocycles. The molecule has 0 fully saturated rings. The van der Waals surface area contributed by atoms with Gasteiger partial charge in [-0.2, -0.15) is 0 Å². The van der Waals surface area contributed by atoms with Gasteiger partial charge in [0.2, 0.25) is 0 Å². The van der Waals surface area contributed by atoms with E-state index >= 15 is 0 Å². The smallest absolute Gasteiger partial charge is 0.118 e. The summed E-state index contributed by atoms with van der Waals surface area (Å²) < 4.78 is 21.7. The van der Waals surface area contributed by atoms with E-state index in [0.29, 0.717) is 0 Å². The highest BCUT2D eigenvalue weighted by Gasteiger charge is 2.24. The maximum atomic E-state index is 5.68. The summed E-state index contributed by atoms with van der Waals surface area (Å²) in [5, 5.41) is 0. The van der Waals surface area contributed by atoms with Gasteiger partial charge in [0.05, 0.1) is 14.2 Å². The van der Waals surface area contributed by atoms with Crippen molar-refractivity contribution in [2.45, 2.75) is 12.2 Å². The first kappa shape index (κ1) is 16.3. The zero-order valence-electron chi connectivity index (χ0n) is 13.4. The van der Waals surface area contributed by atoms with E-state index in [1.165, 1.54) is 0 Å². The largest absolute Gasteiger partial charge is 0.497 e. The van der Waals surface area contributed by atoms with Crippen LogP contribution in [0.2, 0.25) is 0 Å². The van der Waals surface area contributed by atoms with Gasteiger partial charge in [0.1, 0.15) is 23.7 Å². The van der Waals surface area contributed by atoms with Crippen molar-refractivity contribution in [2.24, 2.45) is 0 Å². The van der Waals surface area contributed by atoms with E-state index in [9.17, 15) is 0 Å². The molecule has 0 aromatic heterocycles. The summed E-state index contributed by atoms with van der Waals surface area (Å²) in [4.78, 5) is 0. The number of benzene rings is 2. The zero-order valence-corrected chi connectivity index (χ0v) is 13.4. The van der Waals surface area contributed by atoms with Gasteiger partial charge >= 0.3 is 0 Å². The summed E-state index contributed by atoms with van der Waals surface area (Å²) in [6.45, 7) is 0. The Morgan fingerprint density at radius 3 is 1.09 bits per heavy atom. The first-order chi connectivity index (χ1) is 10.7. The van der Waals surface area contributed by atoms with Crippen LogP contribution in [0.4, 0.5) is 0 Å². The maximum absolute atomic E-state index is 5.68. The third kappa shape index (κ3) is 3.59. The fraction of sp³-hybridized carbons (Fsp3) is 0.333. The number of methoxy groups -OCH3 is 4. The predicted molar refractivity (Wildman–Crippen MR) is 85.5 cm³/mol. The molecule has 0 radical (unpaired) electrons. The predicted octanol–water partition coefficient (Wildman–Crippen LogP) is 3.78. The second-order valence-electron chi connectivity index (χ2n) is 4.86. The highest BCUT2D eigenvalue weighted by atomic mass is 16.5. The van der Waals surface area contributed by atoms with E-state index in [4.69, 9.17) is 18.9 Å². The molecule has 118 valence electrons. The minimum absolute atomic E-state index is 0.204. The molecule has 2 aromatic rings. The maximum Gasteiger partial charge on any atom is 0.118 e. The molecule has 2 rings (SSSR count). The van der Waals surface area contributed by atoms with Crippen LogP contribution in [0.3, 0.4) is 0 Å². The minimum Gasteiger partial charge on any atom is -0.497 e. The van der Waals surface area contributed by atoms with Crippen LogP contribution in [-0.2, 0) is 9.47 Å². The van der Waals surface area contributed by atoms with Crippen LogP contribution in [0.1, 0.15) is 23.3 Å². The SMILES string of the molecule is COc1ccc([C@@H](OC)[C@H](OC)c2ccc(OC)cc2)cc1. The van der Waals surface area contributed by atoms with Gasteiger partial charge in [0, 0.05) is 14.2 Å². The first-order valence-corrected chi connectivity index (χ1v) is 7.07. The normalized spacial score (nSPS) is 13.5. The van der Waals surface area contributed by atoms with Gasteiger partial charge in [-0.25, -0.2) is 0 Å². The average Bonchev–Trinajstić information content (AvgIpc) is 2.60. The van der Waals surface area contributed by atoms with Crippen LogP contribution < -0.4 is 9.47 Å². The van der Waals surface area contributed by atoms with Crippen molar-refractivity contribution >= 4 is 0 Å². The Labute approximate surface area is 131 Å². The standard InChI is InChI=1S/C18H22O4/c1-19-15-9-5-13(6-10-15)17(21-3)18(22-4)14-7-11-16(20-2)12-8-14/h5-12,17-18H,1-4H3/t17-,18-/m1/s1. The second-order valence-corrected chi connectivity index (χ2v) is 4.86. The molecule has 0 aliphatic heterocycles. The molecule has 0 bridgehead atoms. The van der Waals surface area contributed by atoms with Gasteiger partial charge in [-0.3, -0.25) is 0 Å². The van der Waals surface area contributed by atoms with Crippen LogP contribution in [0, 0.1) is 0 Å². The van der Waals surface area contributed by atoms with Crippen molar-refractivity contribution in [3.05, 3.63) is 59.7 Å². The van der Waals surface area contributed by atoms with Crippen molar-refractivity contribution in [3.63, 3.8) is 0 Å². The fourth-order valence-electron chi connectivity index (χ4n) is 2.46. The lowest BCUT2D eigenvalue weighted by atomic mass is 9.97. The lowest BCUT2D eigenvalue weighted by Gasteiger charge is -2.26. The number of ether oxygens (including phenoxy) is 4. The van der Waals surface area contributed by atoms with E-state index in [2.05, 4.69) is 0 Å². The van der Waals surface area contributed by atoms with E-state index < -0.39 is 0 Å². The fourth-order valence-corrected chi connectivity index (χ4v) is 2.46. The van der Waals surface area contributed by atoms with Gasteiger partial charge in [-0.1, -0.05) is 24.3 Å². The van der Waals surface area contributed by atoms with Crippen LogP contribution in [0.5, 0.6) is 11.5 Å². The molecule has 0 saturated heterocycles. The zero-order chi connectivity index (χ0) is 15.9. The molecule has 2 atom stereocenters.